The molecule has 4 N–H and O–H groups in total. The van der Waals surface area contributed by atoms with Gasteiger partial charge in [-0.3, -0.25) is 4.79 Å². The fraction of sp³-hybridized carbons (Fsp3) is 0.190. The molecule has 0 aliphatic heterocycles. The van der Waals surface area contributed by atoms with Crippen LogP contribution in [0.5, 0.6) is 0 Å². The first-order valence-corrected chi connectivity index (χ1v) is 17.1. The summed E-state index contributed by atoms with van der Waals surface area (Å²) in [5, 5.41) is 17.5. The molecule has 11 heteroatoms. The number of carbonyl (C=O) groups is 1. The van der Waals surface area contributed by atoms with E-state index in [0.29, 0.717) is 11.1 Å². The van der Waals surface area contributed by atoms with E-state index in [9.17, 15) is 10.1 Å². The number of amides is 1. The van der Waals surface area contributed by atoms with Gasteiger partial charge >= 0.3 is 0 Å². The number of carbonyl (C=O) groups excluding carboxylic acids is 1. The van der Waals surface area contributed by atoms with Crippen LogP contribution >= 0.6 is 0 Å². The third-order valence-electron chi connectivity index (χ3n) is 9.69. The second-order valence-electron chi connectivity index (χ2n) is 13.3. The quantitative estimate of drug-likeness (QED) is 0.159. The average molecular weight is 703 g/mol. The Bertz CT molecular complexity index is 2730. The molecule has 0 spiro atoms. The number of nitriles is 1. The molecule has 4 aromatic carbocycles. The summed E-state index contributed by atoms with van der Waals surface area (Å²) in [7, 11) is 0. The second-order valence-corrected chi connectivity index (χ2v) is 13.3. The monoisotopic (exact) mass is 702 g/mol. The number of H-pyrrole nitrogens is 2. The minimum Gasteiger partial charge on any atom is -0.366 e. The highest BCUT2D eigenvalue weighted by Crippen LogP contribution is 2.39. The molecule has 0 saturated heterocycles. The lowest BCUT2D eigenvalue weighted by Gasteiger charge is -2.12. The van der Waals surface area contributed by atoms with Gasteiger partial charge in [0.05, 0.1) is 45.1 Å². The number of benzene rings is 4. The van der Waals surface area contributed by atoms with E-state index in [4.69, 9.17) is 14.8 Å². The third-order valence-corrected chi connectivity index (χ3v) is 9.69. The van der Waals surface area contributed by atoms with Gasteiger partial charge in [0.1, 0.15) is 23.2 Å². The molecular weight excluding hydrogens is 665 g/mol. The lowest BCUT2D eigenvalue weighted by molar-refractivity contribution is 0.0999. The Labute approximate surface area is 305 Å². The number of aromatic nitrogens is 6. The van der Waals surface area contributed by atoms with Gasteiger partial charge in [0.2, 0.25) is 5.91 Å². The number of hydrogen-bond donors (Lipinski definition) is 3. The van der Waals surface area contributed by atoms with Crippen molar-refractivity contribution >= 4 is 28.0 Å². The summed E-state index contributed by atoms with van der Waals surface area (Å²) in [4.78, 5) is 27.8. The molecule has 0 aliphatic rings. The summed E-state index contributed by atoms with van der Waals surface area (Å²) >= 11 is 0. The topological polar surface area (TPSA) is 176 Å². The predicted molar refractivity (Wildman–Crippen MR) is 205 cm³/mol. The highest BCUT2D eigenvalue weighted by Gasteiger charge is 2.20. The number of aromatic amines is 2. The molecule has 264 valence electrons. The van der Waals surface area contributed by atoms with Gasteiger partial charge < -0.3 is 24.7 Å². The number of fused-ring (bicyclic) bond motifs is 2. The van der Waals surface area contributed by atoms with Crippen LogP contribution in [0.3, 0.4) is 0 Å². The summed E-state index contributed by atoms with van der Waals surface area (Å²) in [5.74, 6) is 2.78. The number of primary amides is 1. The first-order valence-electron chi connectivity index (χ1n) is 17.1. The van der Waals surface area contributed by atoms with Gasteiger partial charge in [-0.2, -0.15) is 5.26 Å². The van der Waals surface area contributed by atoms with Crippen LogP contribution in [-0.2, 0) is 0 Å². The van der Waals surface area contributed by atoms with Crippen molar-refractivity contribution in [2.45, 2.75) is 55.4 Å². The minimum atomic E-state index is -0.439. The third kappa shape index (κ3) is 6.14. The van der Waals surface area contributed by atoms with Gasteiger partial charge in [0.15, 0.2) is 0 Å². The molecule has 0 radical (unpaired) electrons. The van der Waals surface area contributed by atoms with Gasteiger partial charge in [-0.05, 0) is 125 Å². The van der Waals surface area contributed by atoms with E-state index in [-0.39, 0.29) is 0 Å². The van der Waals surface area contributed by atoms with E-state index in [0.717, 1.165) is 112 Å². The molecule has 8 rings (SSSR count). The molecular formula is C42H38N8O3. The fourth-order valence-electron chi connectivity index (χ4n) is 7.21. The van der Waals surface area contributed by atoms with Crippen molar-refractivity contribution in [3.8, 4) is 50.6 Å². The molecule has 0 aliphatic carbocycles. The summed E-state index contributed by atoms with van der Waals surface area (Å²) in [6, 6.07) is 21.9. The van der Waals surface area contributed by atoms with Gasteiger partial charge in [-0.25, -0.2) is 9.97 Å². The lowest BCUT2D eigenvalue weighted by atomic mass is 9.92. The van der Waals surface area contributed by atoms with E-state index >= 15 is 0 Å². The van der Waals surface area contributed by atoms with Crippen LogP contribution in [0.2, 0.25) is 0 Å². The smallest absolute Gasteiger partial charge is 0.248 e. The molecule has 1 amide bonds. The molecule has 0 bridgehead atoms. The Balaban J connectivity index is 0.000000164. The molecule has 4 aromatic heterocycles. The van der Waals surface area contributed by atoms with Gasteiger partial charge in [-0.1, -0.05) is 34.6 Å². The zero-order valence-corrected chi connectivity index (χ0v) is 30.8. The molecule has 11 nitrogen and oxygen atoms in total. The number of rotatable bonds is 5. The zero-order valence-electron chi connectivity index (χ0n) is 30.8. The van der Waals surface area contributed by atoms with Gasteiger partial charge in [0.25, 0.3) is 0 Å². The van der Waals surface area contributed by atoms with Crippen molar-refractivity contribution < 1.29 is 13.8 Å². The molecule has 0 fully saturated rings. The first kappa shape index (κ1) is 34.6. The maximum Gasteiger partial charge on any atom is 0.248 e. The van der Waals surface area contributed by atoms with Crippen LogP contribution in [-0.4, -0.2) is 36.2 Å². The van der Waals surface area contributed by atoms with Crippen LogP contribution < -0.4 is 5.73 Å². The first-order chi connectivity index (χ1) is 25.4. The number of nitrogens with two attached hydrogens (primary N) is 1. The Morgan fingerprint density at radius 2 is 1.13 bits per heavy atom. The van der Waals surface area contributed by atoms with E-state index < -0.39 is 5.91 Å². The summed E-state index contributed by atoms with van der Waals surface area (Å²) in [6.07, 6.45) is 0. The minimum absolute atomic E-state index is 0.439. The van der Waals surface area contributed by atoms with Crippen molar-refractivity contribution in [2.75, 3.05) is 0 Å². The van der Waals surface area contributed by atoms with Crippen molar-refractivity contribution in [1.29, 1.82) is 5.26 Å². The summed E-state index contributed by atoms with van der Waals surface area (Å²) < 4.78 is 10.7. The Morgan fingerprint density at radius 1 is 0.660 bits per heavy atom. The highest BCUT2D eigenvalue weighted by molar-refractivity contribution is 6.01. The summed E-state index contributed by atoms with van der Waals surface area (Å²) in [5.41, 5.74) is 21.7. The van der Waals surface area contributed by atoms with E-state index in [1.165, 1.54) is 0 Å². The lowest BCUT2D eigenvalue weighted by Crippen LogP contribution is -2.13. The number of hydrogen-bond acceptors (Lipinski definition) is 8. The zero-order chi connectivity index (χ0) is 37.7. The Kier molecular flexibility index (Phi) is 8.75. The number of nitrogens with one attached hydrogen (secondary N) is 2. The maximum absolute atomic E-state index is 11.8. The standard InChI is InChI=1S/C21H20N4O2.C21H18N4O/c1-10-15(6-5-7-16(10)21(22)26)17-8-14(19-11(2)25-27-12(19)3)9-18-20(17)24-13(4)23-18;1-11-15(10-22)6-5-7-17(11)18-8-16(20-12(2)25-26-13(20)3)9-19-21(18)24-14(4)23-19/h5-9H,1-4H3,(H2,22,26)(H,23,24);5-9H,1-4H3,(H,23,24). The largest absolute Gasteiger partial charge is 0.366 e. The molecule has 0 unspecified atom stereocenters. The summed E-state index contributed by atoms with van der Waals surface area (Å²) in [6.45, 7) is 15.4. The Morgan fingerprint density at radius 3 is 1.57 bits per heavy atom. The van der Waals surface area contributed by atoms with Crippen molar-refractivity contribution in [3.05, 3.63) is 117 Å². The Hall–Kier alpha value is -6.80. The van der Waals surface area contributed by atoms with Crippen molar-refractivity contribution in [1.82, 2.24) is 30.2 Å². The van der Waals surface area contributed by atoms with Crippen molar-refractivity contribution in [3.63, 3.8) is 0 Å². The van der Waals surface area contributed by atoms with Crippen molar-refractivity contribution in [2.24, 2.45) is 5.73 Å². The average Bonchev–Trinajstić information content (AvgIpc) is 3.88. The van der Waals surface area contributed by atoms with E-state index in [2.05, 4.69) is 60.6 Å². The SMILES string of the molecule is Cc1nc2c(-c3cccc(C#N)c3C)cc(-c3c(C)noc3C)cc2[nH]1.Cc1nc2c(-c3cccc(C(N)=O)c3C)cc(-c3c(C)noc3C)cc2[nH]1. The normalized spacial score (nSPS) is 11.2. The number of nitrogens with zero attached hydrogens (tertiary/aromatic N) is 5. The molecule has 8 aromatic rings. The number of aryl methyl sites for hydroxylation is 6. The fourth-order valence-corrected chi connectivity index (χ4v) is 7.21. The van der Waals surface area contributed by atoms with Crippen LogP contribution in [0.25, 0.3) is 66.6 Å². The van der Waals surface area contributed by atoms with Crippen LogP contribution in [0.1, 0.15) is 61.6 Å². The number of imidazole rings is 2. The highest BCUT2D eigenvalue weighted by atomic mass is 16.5. The van der Waals surface area contributed by atoms with Crippen LogP contribution in [0.4, 0.5) is 0 Å². The van der Waals surface area contributed by atoms with Gasteiger partial charge in [0, 0.05) is 27.8 Å². The molecule has 0 saturated carbocycles. The van der Waals surface area contributed by atoms with Crippen LogP contribution in [0.15, 0.2) is 69.7 Å². The second kappa shape index (κ2) is 13.4. The molecule has 0 atom stereocenters. The van der Waals surface area contributed by atoms with E-state index in [1.54, 1.807) is 6.07 Å². The van der Waals surface area contributed by atoms with Crippen LogP contribution in [0, 0.1) is 66.7 Å². The molecule has 53 heavy (non-hydrogen) atoms. The molecule has 4 heterocycles. The maximum atomic E-state index is 11.8. The van der Waals surface area contributed by atoms with E-state index in [1.807, 2.05) is 85.7 Å². The predicted octanol–water partition coefficient (Wildman–Crippen LogP) is 9.21. The van der Waals surface area contributed by atoms with Gasteiger partial charge in [-0.15, -0.1) is 0 Å².